The highest BCUT2D eigenvalue weighted by molar-refractivity contribution is 5.89. The number of benzene rings is 2. The zero-order valence-electron chi connectivity index (χ0n) is 11.9. The van der Waals surface area contributed by atoms with Crippen LogP contribution in [0.2, 0.25) is 0 Å². The maximum Gasteiger partial charge on any atom is 0.319 e. The van der Waals surface area contributed by atoms with Crippen molar-refractivity contribution in [2.24, 2.45) is 0 Å². The molecule has 1 aromatic heterocycles. The number of rotatable bonds is 4. The van der Waals surface area contributed by atoms with Crippen LogP contribution in [0.3, 0.4) is 0 Å². The Morgan fingerprint density at radius 2 is 1.95 bits per heavy atom. The van der Waals surface area contributed by atoms with E-state index in [0.717, 1.165) is 16.7 Å². The first kappa shape index (κ1) is 13.9. The van der Waals surface area contributed by atoms with Crippen LogP contribution in [0, 0.1) is 0 Å². The highest BCUT2D eigenvalue weighted by Crippen LogP contribution is 2.25. The van der Waals surface area contributed by atoms with Crippen molar-refractivity contribution in [2.45, 2.75) is 0 Å². The second kappa shape index (κ2) is 6.13. The molecular weight excluding hydrogens is 278 g/mol. The smallest absolute Gasteiger partial charge is 0.319 e. The number of aromatic nitrogens is 1. The van der Waals surface area contributed by atoms with Crippen LogP contribution in [0.5, 0.6) is 0 Å². The van der Waals surface area contributed by atoms with E-state index in [1.165, 1.54) is 0 Å². The zero-order chi connectivity index (χ0) is 15.4. The number of anilines is 1. The van der Waals surface area contributed by atoms with E-state index in [4.69, 9.17) is 4.42 Å². The van der Waals surface area contributed by atoms with Crippen LogP contribution in [0.1, 0.15) is 0 Å². The number of oxazole rings is 1. The molecular formula is C17H15N3O2. The number of hydrogen-bond donors (Lipinski definition) is 2. The van der Waals surface area contributed by atoms with Crippen LogP contribution in [0.4, 0.5) is 10.5 Å². The SMILES string of the molecule is C=CCNC(=O)Nc1ccc(-c2nc3ccccc3o2)cc1. The van der Waals surface area contributed by atoms with Gasteiger partial charge in [0.2, 0.25) is 5.89 Å². The summed E-state index contributed by atoms with van der Waals surface area (Å²) in [4.78, 5) is 16.0. The monoisotopic (exact) mass is 293 g/mol. The second-order valence-corrected chi connectivity index (χ2v) is 4.69. The highest BCUT2D eigenvalue weighted by Gasteiger charge is 2.08. The Bertz CT molecular complexity index is 773. The van der Waals surface area contributed by atoms with E-state index in [1.54, 1.807) is 18.2 Å². The fourth-order valence-electron chi connectivity index (χ4n) is 2.03. The Morgan fingerprint density at radius 1 is 1.18 bits per heavy atom. The molecule has 5 heteroatoms. The van der Waals surface area contributed by atoms with Gasteiger partial charge < -0.3 is 15.1 Å². The molecule has 2 N–H and O–H groups in total. The molecule has 5 nitrogen and oxygen atoms in total. The largest absolute Gasteiger partial charge is 0.436 e. The van der Waals surface area contributed by atoms with Gasteiger partial charge in [0, 0.05) is 17.8 Å². The molecule has 0 fully saturated rings. The summed E-state index contributed by atoms with van der Waals surface area (Å²) in [6, 6.07) is 14.7. The minimum Gasteiger partial charge on any atom is -0.436 e. The first-order chi connectivity index (χ1) is 10.8. The maximum atomic E-state index is 11.5. The van der Waals surface area contributed by atoms with E-state index in [1.807, 2.05) is 36.4 Å². The van der Waals surface area contributed by atoms with E-state index in [2.05, 4.69) is 22.2 Å². The molecule has 2 aromatic carbocycles. The molecule has 1 heterocycles. The minimum atomic E-state index is -0.269. The molecule has 0 unspecified atom stereocenters. The zero-order valence-corrected chi connectivity index (χ0v) is 11.9. The lowest BCUT2D eigenvalue weighted by atomic mass is 10.2. The number of hydrogen-bond acceptors (Lipinski definition) is 3. The van der Waals surface area contributed by atoms with Crippen LogP contribution < -0.4 is 10.6 Å². The molecule has 0 aliphatic carbocycles. The Morgan fingerprint density at radius 3 is 2.68 bits per heavy atom. The number of carbonyl (C=O) groups is 1. The third-order valence-corrected chi connectivity index (χ3v) is 3.09. The predicted octanol–water partition coefficient (Wildman–Crippen LogP) is 3.80. The molecule has 110 valence electrons. The molecule has 0 atom stereocenters. The van der Waals surface area contributed by atoms with Gasteiger partial charge >= 0.3 is 6.03 Å². The van der Waals surface area contributed by atoms with Gasteiger partial charge in [-0.3, -0.25) is 0 Å². The average Bonchev–Trinajstić information content (AvgIpc) is 2.97. The third kappa shape index (κ3) is 2.98. The molecule has 3 rings (SSSR count). The summed E-state index contributed by atoms with van der Waals surface area (Å²) in [5.74, 6) is 0.559. The van der Waals surface area contributed by atoms with Crippen LogP contribution in [-0.4, -0.2) is 17.6 Å². The number of nitrogens with one attached hydrogen (secondary N) is 2. The molecule has 2 amide bonds. The lowest BCUT2D eigenvalue weighted by molar-refractivity contribution is 0.253. The standard InChI is InChI=1S/C17H15N3O2/c1-2-11-18-17(21)19-13-9-7-12(8-10-13)16-20-14-5-3-4-6-15(14)22-16/h2-10H,1,11H2,(H2,18,19,21). The number of carbonyl (C=O) groups excluding carboxylic acids is 1. The topological polar surface area (TPSA) is 67.2 Å². The number of urea groups is 1. The molecule has 0 radical (unpaired) electrons. The summed E-state index contributed by atoms with van der Waals surface area (Å²) < 4.78 is 5.71. The predicted molar refractivity (Wildman–Crippen MR) is 86.7 cm³/mol. The Balaban J connectivity index is 1.76. The van der Waals surface area contributed by atoms with Gasteiger partial charge in [0.05, 0.1) is 0 Å². The molecule has 0 saturated carbocycles. The van der Waals surface area contributed by atoms with E-state index in [9.17, 15) is 4.79 Å². The molecule has 0 bridgehead atoms. The van der Waals surface area contributed by atoms with Crippen molar-refractivity contribution in [2.75, 3.05) is 11.9 Å². The van der Waals surface area contributed by atoms with Gasteiger partial charge in [0.1, 0.15) is 5.52 Å². The number of fused-ring (bicyclic) bond motifs is 1. The lowest BCUT2D eigenvalue weighted by Crippen LogP contribution is -2.28. The Labute approximate surface area is 127 Å². The van der Waals surface area contributed by atoms with Crippen molar-refractivity contribution in [1.82, 2.24) is 10.3 Å². The molecule has 0 aliphatic heterocycles. The van der Waals surface area contributed by atoms with Gasteiger partial charge in [-0.15, -0.1) is 6.58 Å². The highest BCUT2D eigenvalue weighted by atomic mass is 16.3. The summed E-state index contributed by atoms with van der Waals surface area (Å²) >= 11 is 0. The van der Waals surface area contributed by atoms with Crippen molar-refractivity contribution in [3.63, 3.8) is 0 Å². The van der Waals surface area contributed by atoms with Crippen LogP contribution in [0.25, 0.3) is 22.6 Å². The molecule has 0 aliphatic rings. The third-order valence-electron chi connectivity index (χ3n) is 3.09. The quantitative estimate of drug-likeness (QED) is 0.719. The fraction of sp³-hybridized carbons (Fsp3) is 0.0588. The van der Waals surface area contributed by atoms with Gasteiger partial charge in [-0.25, -0.2) is 9.78 Å². The Kier molecular flexibility index (Phi) is 3.87. The summed E-state index contributed by atoms with van der Waals surface area (Å²) in [6.07, 6.45) is 1.62. The summed E-state index contributed by atoms with van der Waals surface area (Å²) in [6.45, 7) is 3.97. The van der Waals surface area contributed by atoms with Crippen LogP contribution >= 0.6 is 0 Å². The number of amides is 2. The summed E-state index contributed by atoms with van der Waals surface area (Å²) in [7, 11) is 0. The normalized spacial score (nSPS) is 10.4. The lowest BCUT2D eigenvalue weighted by Gasteiger charge is -2.06. The van der Waals surface area contributed by atoms with Crippen molar-refractivity contribution >= 4 is 22.8 Å². The van der Waals surface area contributed by atoms with E-state index in [0.29, 0.717) is 18.1 Å². The maximum absolute atomic E-state index is 11.5. The average molecular weight is 293 g/mol. The van der Waals surface area contributed by atoms with E-state index in [-0.39, 0.29) is 6.03 Å². The fourth-order valence-corrected chi connectivity index (χ4v) is 2.03. The molecule has 0 saturated heterocycles. The first-order valence-corrected chi connectivity index (χ1v) is 6.88. The Hall–Kier alpha value is -3.08. The molecule has 22 heavy (non-hydrogen) atoms. The van der Waals surface area contributed by atoms with Gasteiger partial charge in [-0.1, -0.05) is 18.2 Å². The summed E-state index contributed by atoms with van der Waals surface area (Å²) in [5.41, 5.74) is 3.13. The van der Waals surface area contributed by atoms with Crippen molar-refractivity contribution in [1.29, 1.82) is 0 Å². The number of nitrogens with zero attached hydrogens (tertiary/aromatic N) is 1. The van der Waals surface area contributed by atoms with Crippen LogP contribution in [0.15, 0.2) is 65.6 Å². The first-order valence-electron chi connectivity index (χ1n) is 6.88. The van der Waals surface area contributed by atoms with Gasteiger partial charge in [0.15, 0.2) is 5.58 Å². The number of para-hydroxylation sites is 2. The van der Waals surface area contributed by atoms with Gasteiger partial charge in [-0.05, 0) is 36.4 Å². The van der Waals surface area contributed by atoms with Crippen molar-refractivity contribution < 1.29 is 9.21 Å². The molecule has 0 spiro atoms. The summed E-state index contributed by atoms with van der Waals surface area (Å²) in [5, 5.41) is 5.38. The minimum absolute atomic E-state index is 0.269. The van der Waals surface area contributed by atoms with E-state index >= 15 is 0 Å². The van der Waals surface area contributed by atoms with Crippen LogP contribution in [-0.2, 0) is 0 Å². The van der Waals surface area contributed by atoms with Gasteiger partial charge in [0.25, 0.3) is 0 Å². The van der Waals surface area contributed by atoms with Crippen molar-refractivity contribution in [3.8, 4) is 11.5 Å². The van der Waals surface area contributed by atoms with Gasteiger partial charge in [-0.2, -0.15) is 0 Å². The van der Waals surface area contributed by atoms with E-state index < -0.39 is 0 Å². The van der Waals surface area contributed by atoms with Crippen molar-refractivity contribution in [3.05, 3.63) is 61.2 Å². The second-order valence-electron chi connectivity index (χ2n) is 4.69. The molecule has 3 aromatic rings.